The predicted molar refractivity (Wildman–Crippen MR) is 58.7 cm³/mol. The van der Waals surface area contributed by atoms with E-state index in [9.17, 15) is 13.2 Å². The number of hydrogen-bond donors (Lipinski definition) is 0. The summed E-state index contributed by atoms with van der Waals surface area (Å²) in [6, 6.07) is 0.0206. The zero-order valence-corrected chi connectivity index (χ0v) is 9.82. The molecule has 0 aliphatic carbocycles. The molecule has 0 spiro atoms. The van der Waals surface area contributed by atoms with Crippen molar-refractivity contribution in [2.45, 2.75) is 31.5 Å². The van der Waals surface area contributed by atoms with Gasteiger partial charge in [-0.2, -0.15) is 13.2 Å². The average molecular weight is 257 g/mol. The number of hydrogen-bond acceptors (Lipinski definition) is 3. The number of nitrogens with zero attached hydrogens (tertiary/aromatic N) is 3. The first-order valence-electron chi connectivity index (χ1n) is 6.17. The molecule has 18 heavy (non-hydrogen) atoms. The van der Waals surface area contributed by atoms with Gasteiger partial charge in [0, 0.05) is 0 Å². The first-order valence-corrected chi connectivity index (χ1v) is 6.17. The molecule has 3 aliphatic heterocycles. The highest BCUT2D eigenvalue weighted by Gasteiger charge is 2.37. The zero-order chi connectivity index (χ0) is 12.8. The van der Waals surface area contributed by atoms with Crippen LogP contribution in [0.2, 0.25) is 0 Å². The molecule has 0 aromatic carbocycles. The van der Waals surface area contributed by atoms with Crippen LogP contribution in [0, 0.1) is 5.92 Å². The van der Waals surface area contributed by atoms with Crippen LogP contribution in [0.5, 0.6) is 0 Å². The van der Waals surface area contributed by atoms with E-state index in [2.05, 4.69) is 14.9 Å². The third-order valence-electron chi connectivity index (χ3n) is 3.93. The van der Waals surface area contributed by atoms with Gasteiger partial charge in [0.2, 0.25) is 0 Å². The van der Waals surface area contributed by atoms with Crippen LogP contribution < -0.4 is 0 Å². The van der Waals surface area contributed by atoms with Gasteiger partial charge in [0.15, 0.2) is 5.69 Å². The van der Waals surface area contributed by atoms with E-state index in [1.807, 2.05) is 0 Å². The first kappa shape index (κ1) is 11.9. The monoisotopic (exact) mass is 257 g/mol. The fourth-order valence-corrected chi connectivity index (χ4v) is 2.95. The van der Waals surface area contributed by atoms with Crippen molar-refractivity contribution in [3.8, 4) is 0 Å². The topological polar surface area (TPSA) is 29.0 Å². The van der Waals surface area contributed by atoms with Crippen molar-refractivity contribution in [2.75, 3.05) is 13.1 Å². The van der Waals surface area contributed by atoms with E-state index in [0.717, 1.165) is 38.5 Å². The van der Waals surface area contributed by atoms with E-state index < -0.39 is 11.9 Å². The van der Waals surface area contributed by atoms with Crippen molar-refractivity contribution in [3.63, 3.8) is 0 Å². The number of fused-ring (bicyclic) bond motifs is 3. The molecule has 3 saturated heterocycles. The minimum Gasteiger partial charge on any atom is -0.295 e. The van der Waals surface area contributed by atoms with E-state index in [1.165, 1.54) is 6.20 Å². The van der Waals surface area contributed by atoms with Crippen LogP contribution in [0.15, 0.2) is 12.4 Å². The highest BCUT2D eigenvalue weighted by Crippen LogP contribution is 2.40. The number of aromatic nitrogens is 2. The Morgan fingerprint density at radius 2 is 1.89 bits per heavy atom. The SMILES string of the molecule is FC(F)(F)c1cncc(C2CC3CCN2CC3)n1. The quantitative estimate of drug-likeness (QED) is 0.774. The maximum Gasteiger partial charge on any atom is 0.434 e. The Bertz CT molecular complexity index is 438. The summed E-state index contributed by atoms with van der Waals surface area (Å²) in [6.45, 7) is 1.93. The molecule has 1 atom stereocenters. The summed E-state index contributed by atoms with van der Waals surface area (Å²) < 4.78 is 37.8. The van der Waals surface area contributed by atoms with Gasteiger partial charge in [0.05, 0.1) is 24.1 Å². The van der Waals surface area contributed by atoms with E-state index in [-0.39, 0.29) is 6.04 Å². The van der Waals surface area contributed by atoms with E-state index >= 15 is 0 Å². The number of alkyl halides is 3. The lowest BCUT2D eigenvalue weighted by Crippen LogP contribution is -2.44. The Balaban J connectivity index is 1.88. The van der Waals surface area contributed by atoms with Gasteiger partial charge in [-0.05, 0) is 38.3 Å². The fraction of sp³-hybridized carbons (Fsp3) is 0.667. The lowest BCUT2D eigenvalue weighted by Gasteiger charge is -2.45. The Kier molecular flexibility index (Phi) is 2.77. The molecule has 0 amide bonds. The zero-order valence-electron chi connectivity index (χ0n) is 9.82. The van der Waals surface area contributed by atoms with Crippen molar-refractivity contribution in [1.29, 1.82) is 0 Å². The molecule has 0 saturated carbocycles. The van der Waals surface area contributed by atoms with Crippen LogP contribution in [0.25, 0.3) is 0 Å². The van der Waals surface area contributed by atoms with Crippen molar-refractivity contribution in [3.05, 3.63) is 23.8 Å². The second kappa shape index (κ2) is 4.19. The van der Waals surface area contributed by atoms with Crippen LogP contribution in [0.4, 0.5) is 13.2 Å². The number of piperidine rings is 3. The maximum absolute atomic E-state index is 12.6. The summed E-state index contributed by atoms with van der Waals surface area (Å²) in [5.74, 6) is 0.636. The van der Waals surface area contributed by atoms with Gasteiger partial charge in [-0.25, -0.2) is 4.98 Å². The molecule has 1 aromatic heterocycles. The first-order chi connectivity index (χ1) is 8.54. The minimum atomic E-state index is -4.41. The van der Waals surface area contributed by atoms with Crippen LogP contribution in [0.1, 0.15) is 36.7 Å². The van der Waals surface area contributed by atoms with Gasteiger partial charge >= 0.3 is 6.18 Å². The third-order valence-corrected chi connectivity index (χ3v) is 3.93. The van der Waals surface area contributed by atoms with Crippen molar-refractivity contribution >= 4 is 0 Å². The minimum absolute atomic E-state index is 0.0206. The van der Waals surface area contributed by atoms with Gasteiger partial charge < -0.3 is 0 Å². The standard InChI is InChI=1S/C12H14F3N3/c13-12(14,15)11-7-16-6-9(17-11)10-5-8-1-3-18(10)4-2-8/h6-8,10H,1-5H2. The van der Waals surface area contributed by atoms with E-state index in [0.29, 0.717) is 11.6 Å². The van der Waals surface area contributed by atoms with Crippen LogP contribution in [-0.2, 0) is 6.18 Å². The second-order valence-electron chi connectivity index (χ2n) is 5.06. The molecule has 0 radical (unpaired) electrons. The largest absolute Gasteiger partial charge is 0.434 e. The molecule has 1 unspecified atom stereocenters. The molecule has 6 heteroatoms. The number of halogens is 3. The van der Waals surface area contributed by atoms with Gasteiger partial charge in [0.1, 0.15) is 0 Å². The van der Waals surface area contributed by atoms with E-state index in [4.69, 9.17) is 0 Å². The molecule has 4 rings (SSSR count). The van der Waals surface area contributed by atoms with Crippen LogP contribution in [-0.4, -0.2) is 28.0 Å². The van der Waals surface area contributed by atoms with Crippen molar-refractivity contribution < 1.29 is 13.2 Å². The van der Waals surface area contributed by atoms with Crippen LogP contribution >= 0.6 is 0 Å². The Labute approximate surface area is 103 Å². The van der Waals surface area contributed by atoms with Gasteiger partial charge in [-0.3, -0.25) is 9.88 Å². The summed E-state index contributed by atoms with van der Waals surface area (Å²) in [4.78, 5) is 9.68. The van der Waals surface area contributed by atoms with Gasteiger partial charge in [0.25, 0.3) is 0 Å². The molecular formula is C12H14F3N3. The molecule has 2 bridgehead atoms. The molecule has 3 nitrogen and oxygen atoms in total. The Morgan fingerprint density at radius 3 is 2.44 bits per heavy atom. The summed E-state index contributed by atoms with van der Waals surface area (Å²) >= 11 is 0. The van der Waals surface area contributed by atoms with Gasteiger partial charge in [-0.15, -0.1) is 0 Å². The van der Waals surface area contributed by atoms with Crippen molar-refractivity contribution in [1.82, 2.24) is 14.9 Å². The molecule has 1 aromatic rings. The Hall–Kier alpha value is -1.17. The third kappa shape index (κ3) is 2.09. The molecular weight excluding hydrogens is 243 g/mol. The van der Waals surface area contributed by atoms with Crippen LogP contribution in [0.3, 0.4) is 0 Å². The Morgan fingerprint density at radius 1 is 1.17 bits per heavy atom. The summed E-state index contributed by atoms with van der Waals surface area (Å²) in [5.41, 5.74) is -0.420. The second-order valence-corrected chi connectivity index (χ2v) is 5.06. The average Bonchev–Trinajstić information content (AvgIpc) is 2.39. The maximum atomic E-state index is 12.6. The fourth-order valence-electron chi connectivity index (χ4n) is 2.95. The molecule has 98 valence electrons. The summed E-state index contributed by atoms with van der Waals surface area (Å²) in [6.07, 6.45) is 1.08. The molecule has 4 heterocycles. The smallest absolute Gasteiger partial charge is 0.295 e. The van der Waals surface area contributed by atoms with E-state index in [1.54, 1.807) is 0 Å². The highest BCUT2D eigenvalue weighted by atomic mass is 19.4. The lowest BCUT2D eigenvalue weighted by molar-refractivity contribution is -0.141. The normalized spacial score (nSPS) is 31.6. The lowest BCUT2D eigenvalue weighted by atomic mass is 9.82. The van der Waals surface area contributed by atoms with Crippen molar-refractivity contribution in [2.24, 2.45) is 5.92 Å². The number of rotatable bonds is 1. The predicted octanol–water partition coefficient (Wildman–Crippen LogP) is 2.65. The molecule has 0 N–H and O–H groups in total. The summed E-state index contributed by atoms with van der Waals surface area (Å²) in [5, 5.41) is 0. The molecule has 3 fully saturated rings. The highest BCUT2D eigenvalue weighted by molar-refractivity contribution is 5.12. The summed E-state index contributed by atoms with van der Waals surface area (Å²) in [7, 11) is 0. The molecule has 3 aliphatic rings. The van der Waals surface area contributed by atoms with Gasteiger partial charge in [-0.1, -0.05) is 0 Å².